The Morgan fingerprint density at radius 3 is 2.53 bits per heavy atom. The molecule has 0 atom stereocenters. The highest BCUT2D eigenvalue weighted by Crippen LogP contribution is 2.10. The number of hydrogen-bond donors (Lipinski definition) is 0. The molecule has 0 spiro atoms. The van der Waals surface area contributed by atoms with E-state index >= 15 is 0 Å². The molecule has 0 bridgehead atoms. The Morgan fingerprint density at radius 2 is 1.89 bits per heavy atom. The number of anilines is 1. The van der Waals surface area contributed by atoms with E-state index in [1.54, 1.807) is 0 Å². The van der Waals surface area contributed by atoms with E-state index in [1.165, 1.54) is 5.69 Å². The highest BCUT2D eigenvalue weighted by molar-refractivity contribution is 5.80. The van der Waals surface area contributed by atoms with Crippen LogP contribution in [0.3, 0.4) is 0 Å². The molecule has 1 aromatic carbocycles. The van der Waals surface area contributed by atoms with E-state index in [0.29, 0.717) is 0 Å². The molecule has 1 aromatic rings. The van der Waals surface area contributed by atoms with Gasteiger partial charge in [-0.15, -0.1) is 0 Å². The maximum atomic E-state index is 5.32. The van der Waals surface area contributed by atoms with E-state index < -0.39 is 0 Å². The van der Waals surface area contributed by atoms with Gasteiger partial charge < -0.3 is 9.64 Å². The van der Waals surface area contributed by atoms with Gasteiger partial charge in [-0.05, 0) is 17.7 Å². The normalized spacial score (nSPS) is 16.9. The minimum atomic E-state index is 0.857. The van der Waals surface area contributed by atoms with Crippen LogP contribution in [-0.2, 0) is 4.74 Å². The fourth-order valence-electron chi connectivity index (χ4n) is 2.05. The van der Waals surface area contributed by atoms with Crippen LogP contribution in [0.4, 0.5) is 5.69 Å². The third kappa shape index (κ3) is 4.65. The van der Waals surface area contributed by atoms with Crippen LogP contribution in [0.25, 0.3) is 0 Å². The molecule has 1 aliphatic rings. The monoisotopic (exact) mass is 261 g/mol. The van der Waals surface area contributed by atoms with Crippen molar-refractivity contribution in [2.24, 2.45) is 4.99 Å². The Balaban J connectivity index is 1.75. The van der Waals surface area contributed by atoms with Gasteiger partial charge >= 0.3 is 0 Å². The summed E-state index contributed by atoms with van der Waals surface area (Å²) in [6, 6.07) is 8.44. The Hall–Kier alpha value is -1.39. The predicted molar refractivity (Wildman–Crippen MR) is 80.5 cm³/mol. The quantitative estimate of drug-likeness (QED) is 0.752. The molecule has 1 heterocycles. The molecule has 1 fully saturated rings. The molecular formula is C15H23N3O. The Kier molecular flexibility index (Phi) is 5.36. The zero-order valence-corrected chi connectivity index (χ0v) is 11.9. The van der Waals surface area contributed by atoms with E-state index in [9.17, 15) is 0 Å². The summed E-state index contributed by atoms with van der Waals surface area (Å²) in [7, 11) is 4.09. The maximum Gasteiger partial charge on any atom is 0.0594 e. The average Bonchev–Trinajstić information content (AvgIpc) is 2.45. The molecule has 19 heavy (non-hydrogen) atoms. The van der Waals surface area contributed by atoms with Crippen molar-refractivity contribution in [2.45, 2.75) is 0 Å². The lowest BCUT2D eigenvalue weighted by molar-refractivity contribution is 0.0395. The topological polar surface area (TPSA) is 28.1 Å². The molecule has 0 aromatic heterocycles. The zero-order chi connectivity index (χ0) is 13.5. The fraction of sp³-hybridized carbons (Fsp3) is 0.533. The van der Waals surface area contributed by atoms with Gasteiger partial charge in [0.05, 0.1) is 19.8 Å². The van der Waals surface area contributed by atoms with Crippen molar-refractivity contribution < 1.29 is 4.74 Å². The number of rotatable bonds is 5. The molecule has 0 aliphatic carbocycles. The highest BCUT2D eigenvalue weighted by Gasteiger charge is 2.08. The number of benzene rings is 1. The van der Waals surface area contributed by atoms with Crippen molar-refractivity contribution in [2.75, 3.05) is 58.4 Å². The van der Waals surface area contributed by atoms with Gasteiger partial charge in [0.1, 0.15) is 0 Å². The minimum absolute atomic E-state index is 0.857. The maximum absolute atomic E-state index is 5.32. The minimum Gasteiger partial charge on any atom is -0.379 e. The van der Waals surface area contributed by atoms with Crippen molar-refractivity contribution in [1.82, 2.24) is 4.90 Å². The second kappa shape index (κ2) is 7.26. The van der Waals surface area contributed by atoms with Crippen LogP contribution in [-0.4, -0.2) is 64.6 Å². The lowest BCUT2D eigenvalue weighted by Gasteiger charge is -2.25. The van der Waals surface area contributed by atoms with Crippen LogP contribution in [0.2, 0.25) is 0 Å². The molecular weight excluding hydrogens is 238 g/mol. The average molecular weight is 261 g/mol. The third-order valence-corrected chi connectivity index (χ3v) is 3.30. The van der Waals surface area contributed by atoms with E-state index in [2.05, 4.69) is 39.1 Å². The van der Waals surface area contributed by atoms with Gasteiger partial charge in [-0.25, -0.2) is 0 Å². The van der Waals surface area contributed by atoms with E-state index in [0.717, 1.165) is 45.0 Å². The Labute approximate surface area is 115 Å². The third-order valence-electron chi connectivity index (χ3n) is 3.30. The summed E-state index contributed by atoms with van der Waals surface area (Å²) >= 11 is 0. The highest BCUT2D eigenvalue weighted by atomic mass is 16.5. The second-order valence-corrected chi connectivity index (χ2v) is 4.98. The standard InChI is InChI=1S/C15H23N3O/c1-17(2)15-5-3-14(4-6-15)13-16-7-8-18-9-11-19-12-10-18/h3-6,13H,7-12H2,1-2H3. The summed E-state index contributed by atoms with van der Waals surface area (Å²) in [5.74, 6) is 0. The van der Waals surface area contributed by atoms with Crippen molar-refractivity contribution in [1.29, 1.82) is 0 Å². The first kappa shape index (κ1) is 14.0. The first-order valence-electron chi connectivity index (χ1n) is 6.83. The number of hydrogen-bond acceptors (Lipinski definition) is 4. The first-order chi connectivity index (χ1) is 9.25. The van der Waals surface area contributed by atoms with Gasteiger partial charge in [0.2, 0.25) is 0 Å². The molecule has 104 valence electrons. The van der Waals surface area contributed by atoms with Gasteiger partial charge in [-0.3, -0.25) is 9.89 Å². The second-order valence-electron chi connectivity index (χ2n) is 4.98. The van der Waals surface area contributed by atoms with Crippen LogP contribution in [0.15, 0.2) is 29.3 Å². The Bertz CT molecular complexity index is 394. The van der Waals surface area contributed by atoms with Crippen molar-refractivity contribution in [3.8, 4) is 0 Å². The van der Waals surface area contributed by atoms with Crippen LogP contribution in [0.1, 0.15) is 5.56 Å². The molecule has 1 saturated heterocycles. The number of ether oxygens (including phenoxy) is 1. The molecule has 0 radical (unpaired) electrons. The van der Waals surface area contributed by atoms with Gasteiger partial charge in [0.25, 0.3) is 0 Å². The molecule has 1 aliphatic heterocycles. The van der Waals surface area contributed by atoms with Crippen LogP contribution in [0, 0.1) is 0 Å². The van der Waals surface area contributed by atoms with Crippen molar-refractivity contribution in [3.05, 3.63) is 29.8 Å². The molecule has 4 heteroatoms. The summed E-state index contributed by atoms with van der Waals surface area (Å²) in [6.45, 7) is 5.66. The lowest BCUT2D eigenvalue weighted by atomic mass is 10.2. The first-order valence-corrected chi connectivity index (χ1v) is 6.83. The van der Waals surface area contributed by atoms with Crippen LogP contribution >= 0.6 is 0 Å². The van der Waals surface area contributed by atoms with Crippen LogP contribution < -0.4 is 4.90 Å². The summed E-state index contributed by atoms with van der Waals surface area (Å²) in [6.07, 6.45) is 1.96. The van der Waals surface area contributed by atoms with Gasteiger partial charge in [0, 0.05) is 45.6 Å². The van der Waals surface area contributed by atoms with E-state index in [1.807, 2.05) is 20.3 Å². The zero-order valence-electron chi connectivity index (χ0n) is 11.9. The van der Waals surface area contributed by atoms with Crippen molar-refractivity contribution in [3.63, 3.8) is 0 Å². The molecule has 4 nitrogen and oxygen atoms in total. The van der Waals surface area contributed by atoms with E-state index in [-0.39, 0.29) is 0 Å². The van der Waals surface area contributed by atoms with Crippen molar-refractivity contribution >= 4 is 11.9 Å². The fourth-order valence-corrected chi connectivity index (χ4v) is 2.05. The summed E-state index contributed by atoms with van der Waals surface area (Å²) in [5.41, 5.74) is 2.37. The molecule has 0 amide bonds. The Morgan fingerprint density at radius 1 is 1.21 bits per heavy atom. The van der Waals surface area contributed by atoms with Crippen LogP contribution in [0.5, 0.6) is 0 Å². The number of aliphatic imine (C=N–C) groups is 1. The summed E-state index contributed by atoms with van der Waals surface area (Å²) in [5, 5.41) is 0. The number of nitrogens with zero attached hydrogens (tertiary/aromatic N) is 3. The summed E-state index contributed by atoms with van der Waals surface area (Å²) in [4.78, 5) is 8.98. The van der Waals surface area contributed by atoms with E-state index in [4.69, 9.17) is 4.74 Å². The largest absolute Gasteiger partial charge is 0.379 e. The molecule has 2 rings (SSSR count). The SMILES string of the molecule is CN(C)c1ccc(C=NCCN2CCOCC2)cc1. The van der Waals surface area contributed by atoms with Gasteiger partial charge in [-0.1, -0.05) is 12.1 Å². The lowest BCUT2D eigenvalue weighted by Crippen LogP contribution is -2.37. The predicted octanol–water partition coefficient (Wildman–Crippen LogP) is 1.50. The molecule has 0 saturated carbocycles. The number of morpholine rings is 1. The summed E-state index contributed by atoms with van der Waals surface area (Å²) < 4.78 is 5.32. The molecule has 0 unspecified atom stereocenters. The van der Waals surface area contributed by atoms with Gasteiger partial charge in [-0.2, -0.15) is 0 Å². The van der Waals surface area contributed by atoms with Gasteiger partial charge in [0.15, 0.2) is 0 Å². The smallest absolute Gasteiger partial charge is 0.0594 e. The molecule has 0 N–H and O–H groups in total.